The smallest absolute Gasteiger partial charge is 0.223 e. The Morgan fingerprint density at radius 1 is 1.05 bits per heavy atom. The van der Waals surface area contributed by atoms with Gasteiger partial charge < -0.3 is 10.2 Å². The van der Waals surface area contributed by atoms with Gasteiger partial charge in [0.1, 0.15) is 0 Å². The van der Waals surface area contributed by atoms with Crippen LogP contribution in [0.5, 0.6) is 0 Å². The van der Waals surface area contributed by atoms with Crippen molar-refractivity contribution in [2.75, 3.05) is 32.7 Å². The summed E-state index contributed by atoms with van der Waals surface area (Å²) in [5.74, 6) is 1.27. The third-order valence-corrected chi connectivity index (χ3v) is 5.52. The molecule has 0 bridgehead atoms. The number of hydrogen-bond acceptors (Lipinski definition) is 3. The Labute approximate surface area is 141 Å². The molecule has 0 aromatic heterocycles. The fourth-order valence-corrected chi connectivity index (χ4v) is 3.94. The molecule has 1 saturated heterocycles. The number of hydrogen-bond donors (Lipinski definition) is 1. The molecule has 0 unspecified atom stereocenters. The highest BCUT2D eigenvalue weighted by Crippen LogP contribution is 2.35. The lowest BCUT2D eigenvalue weighted by Crippen LogP contribution is -2.48. The number of piperazine rings is 1. The van der Waals surface area contributed by atoms with Crippen molar-refractivity contribution in [1.29, 1.82) is 0 Å². The van der Waals surface area contributed by atoms with Crippen LogP contribution in [0, 0.1) is 5.92 Å². The molecule has 0 aromatic rings. The fraction of sp³-hybridized carbons (Fsp3) is 0.941. The summed E-state index contributed by atoms with van der Waals surface area (Å²) in [5.41, 5.74) is 0. The molecule has 3 fully saturated rings. The van der Waals surface area contributed by atoms with Gasteiger partial charge in [0.05, 0.1) is 0 Å². The van der Waals surface area contributed by atoms with Crippen LogP contribution in [0.3, 0.4) is 0 Å². The molecular formula is C17H32ClN3O. The van der Waals surface area contributed by atoms with Crippen molar-refractivity contribution >= 4 is 18.3 Å². The van der Waals surface area contributed by atoms with Gasteiger partial charge in [0.25, 0.3) is 0 Å². The van der Waals surface area contributed by atoms with Crippen LogP contribution in [0.25, 0.3) is 0 Å². The van der Waals surface area contributed by atoms with Gasteiger partial charge in [0.2, 0.25) is 5.91 Å². The lowest BCUT2D eigenvalue weighted by atomic mass is 9.86. The molecule has 1 aliphatic heterocycles. The first kappa shape index (κ1) is 18.0. The van der Waals surface area contributed by atoms with Crippen molar-refractivity contribution in [2.45, 2.75) is 64.0 Å². The number of nitrogens with one attached hydrogen (secondary N) is 1. The van der Waals surface area contributed by atoms with E-state index in [9.17, 15) is 4.79 Å². The molecule has 1 heterocycles. The third-order valence-electron chi connectivity index (χ3n) is 5.52. The van der Waals surface area contributed by atoms with Crippen LogP contribution in [0.2, 0.25) is 0 Å². The maximum absolute atomic E-state index is 12.4. The van der Waals surface area contributed by atoms with Crippen LogP contribution in [0.4, 0.5) is 0 Å². The molecule has 0 radical (unpaired) electrons. The monoisotopic (exact) mass is 329 g/mol. The fourth-order valence-electron chi connectivity index (χ4n) is 3.94. The average Bonchev–Trinajstić information content (AvgIpc) is 3.35. The molecule has 128 valence electrons. The van der Waals surface area contributed by atoms with Crippen LogP contribution < -0.4 is 5.32 Å². The highest BCUT2D eigenvalue weighted by atomic mass is 35.5. The van der Waals surface area contributed by atoms with Crippen molar-refractivity contribution in [2.24, 2.45) is 5.92 Å². The highest BCUT2D eigenvalue weighted by molar-refractivity contribution is 5.85. The second-order valence-electron chi connectivity index (χ2n) is 7.26. The van der Waals surface area contributed by atoms with Crippen LogP contribution in [0.1, 0.15) is 51.9 Å². The standard InChI is InChI=1S/C17H31N3O.ClH/c1-14-2-4-15(5-3-14)20(16-6-7-16)11-8-17(21)19-12-9-18-10-13-19;/h14-16,18H,2-13H2,1H3;1H. The molecule has 1 N–H and O–H groups in total. The van der Waals surface area contributed by atoms with Gasteiger partial charge in [-0.15, -0.1) is 12.4 Å². The second-order valence-corrected chi connectivity index (χ2v) is 7.26. The van der Waals surface area contributed by atoms with Crippen molar-refractivity contribution in [1.82, 2.24) is 15.1 Å². The van der Waals surface area contributed by atoms with Gasteiger partial charge in [-0.25, -0.2) is 0 Å². The van der Waals surface area contributed by atoms with Gasteiger partial charge in [-0.2, -0.15) is 0 Å². The van der Waals surface area contributed by atoms with E-state index >= 15 is 0 Å². The molecule has 0 spiro atoms. The molecule has 22 heavy (non-hydrogen) atoms. The van der Waals surface area contributed by atoms with Crippen molar-refractivity contribution in [3.63, 3.8) is 0 Å². The Morgan fingerprint density at radius 2 is 1.59 bits per heavy atom. The molecule has 1 amide bonds. The zero-order chi connectivity index (χ0) is 14.7. The first-order valence-corrected chi connectivity index (χ1v) is 8.98. The van der Waals surface area contributed by atoms with E-state index < -0.39 is 0 Å². The molecule has 3 rings (SSSR count). The predicted molar refractivity (Wildman–Crippen MR) is 92.5 cm³/mol. The van der Waals surface area contributed by atoms with Crippen molar-refractivity contribution in [3.05, 3.63) is 0 Å². The summed E-state index contributed by atoms with van der Waals surface area (Å²) in [6.45, 7) is 7.07. The van der Waals surface area contributed by atoms with Gasteiger partial charge in [0, 0.05) is 51.2 Å². The summed E-state index contributed by atoms with van der Waals surface area (Å²) in [5, 5.41) is 3.31. The second kappa shape index (κ2) is 8.51. The van der Waals surface area contributed by atoms with Gasteiger partial charge >= 0.3 is 0 Å². The third kappa shape index (κ3) is 4.84. The van der Waals surface area contributed by atoms with Crippen molar-refractivity contribution < 1.29 is 4.79 Å². The van der Waals surface area contributed by atoms with E-state index in [0.29, 0.717) is 5.91 Å². The van der Waals surface area contributed by atoms with Gasteiger partial charge in [0.15, 0.2) is 0 Å². The minimum Gasteiger partial charge on any atom is -0.340 e. The number of amides is 1. The van der Waals surface area contributed by atoms with E-state index in [0.717, 1.165) is 57.1 Å². The average molecular weight is 330 g/mol. The Morgan fingerprint density at radius 3 is 2.14 bits per heavy atom. The molecule has 2 aliphatic carbocycles. The summed E-state index contributed by atoms with van der Waals surface area (Å²) in [4.78, 5) is 17.1. The maximum atomic E-state index is 12.4. The van der Waals surface area contributed by atoms with Crippen LogP contribution in [-0.4, -0.2) is 60.5 Å². The summed E-state index contributed by atoms with van der Waals surface area (Å²) in [6.07, 6.45) is 8.88. The molecule has 4 nitrogen and oxygen atoms in total. The molecule has 2 saturated carbocycles. The first-order valence-electron chi connectivity index (χ1n) is 8.98. The Balaban J connectivity index is 0.00000176. The quantitative estimate of drug-likeness (QED) is 0.840. The zero-order valence-electron chi connectivity index (χ0n) is 13.9. The molecule has 0 atom stereocenters. The number of rotatable bonds is 5. The van der Waals surface area contributed by atoms with Gasteiger partial charge in [-0.1, -0.05) is 6.92 Å². The van der Waals surface area contributed by atoms with Crippen LogP contribution in [-0.2, 0) is 4.79 Å². The Hall–Kier alpha value is -0.320. The normalized spacial score (nSPS) is 29.3. The van der Waals surface area contributed by atoms with Crippen LogP contribution in [0.15, 0.2) is 0 Å². The first-order chi connectivity index (χ1) is 10.2. The lowest BCUT2D eigenvalue weighted by molar-refractivity contribution is -0.132. The maximum Gasteiger partial charge on any atom is 0.223 e. The van der Waals surface area contributed by atoms with E-state index in [2.05, 4.69) is 17.1 Å². The molecule has 3 aliphatic rings. The summed E-state index contributed by atoms with van der Waals surface area (Å²) < 4.78 is 0. The van der Waals surface area contributed by atoms with Gasteiger partial charge in [-0.05, 0) is 44.4 Å². The number of nitrogens with zero attached hydrogens (tertiary/aromatic N) is 2. The number of carbonyl (C=O) groups excluding carboxylic acids is 1. The highest BCUT2D eigenvalue weighted by Gasteiger charge is 2.35. The van der Waals surface area contributed by atoms with E-state index in [4.69, 9.17) is 0 Å². The SMILES string of the molecule is CC1CCC(N(CCC(=O)N2CCNCC2)C2CC2)CC1.Cl. The van der Waals surface area contributed by atoms with E-state index in [1.165, 1.54) is 38.5 Å². The summed E-state index contributed by atoms with van der Waals surface area (Å²) in [6, 6.07) is 1.55. The predicted octanol–water partition coefficient (Wildman–Crippen LogP) is 2.27. The topological polar surface area (TPSA) is 35.6 Å². The minimum atomic E-state index is 0. The van der Waals surface area contributed by atoms with E-state index in [1.807, 2.05) is 4.90 Å². The number of carbonyl (C=O) groups is 1. The number of halogens is 1. The van der Waals surface area contributed by atoms with E-state index in [1.54, 1.807) is 0 Å². The lowest BCUT2D eigenvalue weighted by Gasteiger charge is -2.37. The largest absolute Gasteiger partial charge is 0.340 e. The van der Waals surface area contributed by atoms with Crippen molar-refractivity contribution in [3.8, 4) is 0 Å². The summed E-state index contributed by atoms with van der Waals surface area (Å²) in [7, 11) is 0. The Bertz CT molecular complexity index is 348. The molecular weight excluding hydrogens is 298 g/mol. The summed E-state index contributed by atoms with van der Waals surface area (Å²) >= 11 is 0. The van der Waals surface area contributed by atoms with Gasteiger partial charge in [-0.3, -0.25) is 9.69 Å². The zero-order valence-corrected chi connectivity index (χ0v) is 14.7. The Kier molecular flexibility index (Phi) is 6.97. The molecule has 5 heteroatoms. The van der Waals surface area contributed by atoms with E-state index in [-0.39, 0.29) is 12.4 Å². The minimum absolute atomic E-state index is 0. The van der Waals surface area contributed by atoms with Crippen LogP contribution >= 0.6 is 12.4 Å². The molecule has 0 aromatic carbocycles.